The molecular formula is C34H38Cl2N8O6. The van der Waals surface area contributed by atoms with Gasteiger partial charge in [-0.3, -0.25) is 29.4 Å². The molecule has 4 aromatic rings. The number of carbonyl (C=O) groups is 3. The molecule has 0 saturated heterocycles. The lowest BCUT2D eigenvalue weighted by molar-refractivity contribution is -0.125. The molecule has 2 aromatic heterocycles. The molecule has 16 heteroatoms. The Balaban J connectivity index is 1.17. The molecule has 50 heavy (non-hydrogen) atoms. The van der Waals surface area contributed by atoms with Gasteiger partial charge in [-0.1, -0.05) is 35.3 Å². The molecule has 3 heterocycles. The highest BCUT2D eigenvalue weighted by Crippen LogP contribution is 2.36. The van der Waals surface area contributed by atoms with Gasteiger partial charge in [-0.15, -0.1) is 0 Å². The van der Waals surface area contributed by atoms with Gasteiger partial charge in [-0.25, -0.2) is 4.79 Å². The normalized spacial score (nSPS) is 13.9. The Kier molecular flexibility index (Phi) is 12.3. The van der Waals surface area contributed by atoms with E-state index in [-0.39, 0.29) is 48.9 Å². The van der Waals surface area contributed by atoms with E-state index >= 15 is 0 Å². The molecule has 0 saturated carbocycles. The Labute approximate surface area is 299 Å². The second kappa shape index (κ2) is 17.0. The summed E-state index contributed by atoms with van der Waals surface area (Å²) >= 11 is 13.3. The Morgan fingerprint density at radius 1 is 1.12 bits per heavy atom. The number of fused-ring (bicyclic) bond motifs is 1. The number of aliphatic imine (C=N–C) groups is 1. The largest absolute Gasteiger partial charge is 0.486 e. The number of hydrogen-bond acceptors (Lipinski definition) is 10. The summed E-state index contributed by atoms with van der Waals surface area (Å²) < 4.78 is 18.5. The van der Waals surface area contributed by atoms with Crippen molar-refractivity contribution in [2.45, 2.75) is 32.9 Å². The Hall–Kier alpha value is -5.08. The third-order valence-corrected chi connectivity index (χ3v) is 8.76. The number of halogens is 2. The van der Waals surface area contributed by atoms with Crippen LogP contribution in [0.4, 0.5) is 10.5 Å². The minimum atomic E-state index is -0.577. The number of ether oxygens (including phenoxy) is 3. The van der Waals surface area contributed by atoms with Crippen LogP contribution in [-0.2, 0) is 27.5 Å². The lowest BCUT2D eigenvalue weighted by atomic mass is 10.0. The predicted molar refractivity (Wildman–Crippen MR) is 190 cm³/mol. The fraction of sp³-hybridized carbons (Fsp3) is 0.353. The number of carbonyl (C=O) groups excluding carboxylic acids is 3. The van der Waals surface area contributed by atoms with Crippen molar-refractivity contribution in [3.63, 3.8) is 0 Å². The number of rotatable bonds is 13. The molecule has 0 bridgehead atoms. The number of amides is 3. The minimum absolute atomic E-state index is 0.000741. The summed E-state index contributed by atoms with van der Waals surface area (Å²) in [5.41, 5.74) is 3.13. The summed E-state index contributed by atoms with van der Waals surface area (Å²) in [4.78, 5) is 51.9. The van der Waals surface area contributed by atoms with Gasteiger partial charge in [-0.05, 0) is 55.7 Å². The molecule has 5 rings (SSSR count). The monoisotopic (exact) mass is 724 g/mol. The molecule has 0 aliphatic carbocycles. The van der Waals surface area contributed by atoms with Gasteiger partial charge in [0.25, 0.3) is 6.01 Å². The molecule has 2 aromatic carbocycles. The Bertz CT molecular complexity index is 1870. The number of benzene rings is 2. The van der Waals surface area contributed by atoms with E-state index < -0.39 is 6.09 Å². The Morgan fingerprint density at radius 2 is 1.96 bits per heavy atom. The Morgan fingerprint density at radius 3 is 2.68 bits per heavy atom. The minimum Gasteiger partial charge on any atom is -0.486 e. The summed E-state index contributed by atoms with van der Waals surface area (Å²) in [6.07, 6.45) is 1.92. The summed E-state index contributed by atoms with van der Waals surface area (Å²) in [7, 11) is 3.13. The molecule has 3 N–H and O–H groups in total. The summed E-state index contributed by atoms with van der Waals surface area (Å²) in [6, 6.07) is 15.0. The third kappa shape index (κ3) is 8.93. The van der Waals surface area contributed by atoms with Gasteiger partial charge in [0.05, 0.1) is 48.7 Å². The number of nitrogens with zero attached hydrogens (tertiary/aromatic N) is 5. The molecular weight excluding hydrogens is 687 g/mol. The van der Waals surface area contributed by atoms with Gasteiger partial charge < -0.3 is 29.7 Å². The van der Waals surface area contributed by atoms with Crippen molar-refractivity contribution in [2.75, 3.05) is 45.3 Å². The van der Waals surface area contributed by atoms with Gasteiger partial charge in [0.1, 0.15) is 17.9 Å². The maximum Gasteiger partial charge on any atom is 0.413 e. The van der Waals surface area contributed by atoms with Crippen molar-refractivity contribution in [3.05, 3.63) is 76.0 Å². The van der Waals surface area contributed by atoms with Crippen LogP contribution in [0.2, 0.25) is 10.0 Å². The third-order valence-electron chi connectivity index (χ3n) is 7.99. The number of likely N-dealkylation sites (N-methyl/N-ethyl adjacent to an activating group) is 1. The van der Waals surface area contributed by atoms with Gasteiger partial charge in [0, 0.05) is 43.3 Å². The van der Waals surface area contributed by atoms with Crippen molar-refractivity contribution in [1.82, 2.24) is 30.5 Å². The zero-order valence-electron chi connectivity index (χ0n) is 27.9. The van der Waals surface area contributed by atoms with Crippen molar-refractivity contribution in [1.29, 1.82) is 0 Å². The highest BCUT2D eigenvalue weighted by Gasteiger charge is 2.22. The van der Waals surface area contributed by atoms with Crippen LogP contribution < -0.4 is 30.3 Å². The van der Waals surface area contributed by atoms with Crippen LogP contribution in [0.1, 0.15) is 31.0 Å². The smallest absolute Gasteiger partial charge is 0.413 e. The molecule has 0 spiro atoms. The fourth-order valence-electron chi connectivity index (χ4n) is 5.28. The van der Waals surface area contributed by atoms with Crippen LogP contribution in [-0.4, -0.2) is 78.8 Å². The molecule has 1 aliphatic heterocycles. The lowest BCUT2D eigenvalue weighted by Gasteiger charge is -2.23. The number of para-hydroxylation sites is 1. The average molecular weight is 726 g/mol. The number of hydrogen-bond donors (Lipinski definition) is 3. The number of nitrogens with one attached hydrogen (secondary N) is 3. The molecule has 1 aliphatic rings. The van der Waals surface area contributed by atoms with E-state index in [1.54, 1.807) is 45.5 Å². The van der Waals surface area contributed by atoms with E-state index in [4.69, 9.17) is 37.4 Å². The fourth-order valence-corrected chi connectivity index (χ4v) is 5.89. The summed E-state index contributed by atoms with van der Waals surface area (Å²) in [6.45, 7) is 3.19. The van der Waals surface area contributed by atoms with Gasteiger partial charge in [0.2, 0.25) is 17.8 Å². The van der Waals surface area contributed by atoms with Gasteiger partial charge >= 0.3 is 6.09 Å². The maximum absolute atomic E-state index is 13.1. The second-order valence-corrected chi connectivity index (χ2v) is 12.1. The van der Waals surface area contributed by atoms with Gasteiger partial charge in [-0.2, -0.15) is 4.98 Å². The summed E-state index contributed by atoms with van der Waals surface area (Å²) in [5, 5.41) is 8.84. The van der Waals surface area contributed by atoms with Crippen LogP contribution >= 0.6 is 23.2 Å². The average Bonchev–Trinajstić information content (AvgIpc) is 3.48. The number of guanidine groups is 1. The number of alkyl carbamates (subject to hydrolysis) is 1. The molecule has 264 valence electrons. The number of anilines is 1. The van der Waals surface area contributed by atoms with Crippen molar-refractivity contribution < 1.29 is 28.6 Å². The van der Waals surface area contributed by atoms with E-state index in [2.05, 4.69) is 30.9 Å². The van der Waals surface area contributed by atoms with Crippen molar-refractivity contribution in [2.24, 2.45) is 10.9 Å². The number of aromatic nitrogens is 3. The number of pyridine rings is 1. The van der Waals surface area contributed by atoms with E-state index in [0.29, 0.717) is 65.6 Å². The first-order chi connectivity index (χ1) is 24.2. The van der Waals surface area contributed by atoms with Crippen LogP contribution in [0.5, 0.6) is 11.8 Å². The zero-order valence-corrected chi connectivity index (χ0v) is 29.4. The lowest BCUT2D eigenvalue weighted by Crippen LogP contribution is -2.46. The van der Waals surface area contributed by atoms with Crippen LogP contribution in [0.15, 0.2) is 59.7 Å². The first-order valence-corrected chi connectivity index (χ1v) is 16.7. The summed E-state index contributed by atoms with van der Waals surface area (Å²) in [5.74, 6) is 0.293. The van der Waals surface area contributed by atoms with E-state index in [9.17, 15) is 14.4 Å². The topological polar surface area (TPSA) is 161 Å². The molecule has 0 fully saturated rings. The predicted octanol–water partition coefficient (Wildman–Crippen LogP) is 4.55. The molecule has 1 atom stereocenters. The standard InChI is InChI=1S/C34H38Cl2N8O6/c1-4-49-34(47)42-32-39-16-21(17-40-32)11-14-28(45)38-18-29(46)43(2)25-13-12-24(35)23(30(25)36)20-50-27-10-7-9-26-31(27)41-33(48-3)44(26)19-22-8-5-6-15-37-22/h5-10,12-13,15,21H,4,11,14,16-20H2,1-3H3,(H,38,45)(H2,39,40,42,47). The van der Waals surface area contributed by atoms with Gasteiger partial charge in [0.15, 0.2) is 0 Å². The van der Waals surface area contributed by atoms with Crippen molar-refractivity contribution >= 4 is 63.8 Å². The number of imidazole rings is 1. The highest BCUT2D eigenvalue weighted by molar-refractivity contribution is 6.38. The quantitative estimate of drug-likeness (QED) is 0.180. The first kappa shape index (κ1) is 36.2. The second-order valence-electron chi connectivity index (χ2n) is 11.3. The maximum atomic E-state index is 13.1. The van der Waals surface area contributed by atoms with Crippen LogP contribution in [0.25, 0.3) is 11.0 Å². The zero-order chi connectivity index (χ0) is 35.6. The van der Waals surface area contributed by atoms with E-state index in [0.717, 1.165) is 11.2 Å². The SMILES string of the molecule is CCOC(=O)NC1=NCC(CCC(=O)NCC(=O)N(C)c2ccc(Cl)c(COc3cccc4c3nc(OC)n4Cc3ccccn3)c2Cl)CN1. The van der Waals surface area contributed by atoms with Crippen LogP contribution in [0.3, 0.4) is 0 Å². The van der Waals surface area contributed by atoms with Crippen LogP contribution in [0, 0.1) is 5.92 Å². The highest BCUT2D eigenvalue weighted by atomic mass is 35.5. The van der Waals surface area contributed by atoms with Crippen molar-refractivity contribution in [3.8, 4) is 11.8 Å². The molecule has 14 nitrogen and oxygen atoms in total. The van der Waals surface area contributed by atoms with E-state index in [1.165, 1.54) is 4.90 Å². The number of methoxy groups -OCH3 is 1. The molecule has 0 radical (unpaired) electrons. The van der Waals surface area contributed by atoms with E-state index in [1.807, 2.05) is 34.9 Å². The molecule has 3 amide bonds. The first-order valence-electron chi connectivity index (χ1n) is 16.0. The molecule has 1 unspecified atom stereocenters.